The van der Waals surface area contributed by atoms with Gasteiger partial charge in [-0.25, -0.2) is 9.97 Å². The molecule has 156 valence electrons. The fourth-order valence-corrected chi connectivity index (χ4v) is 4.58. The van der Waals surface area contributed by atoms with Gasteiger partial charge in [-0.15, -0.1) is 0 Å². The van der Waals surface area contributed by atoms with E-state index < -0.39 is 0 Å². The first-order valence-electron chi connectivity index (χ1n) is 9.93. The monoisotopic (exact) mass is 432 g/mol. The highest BCUT2D eigenvalue weighted by atomic mass is 32.1. The summed E-state index contributed by atoms with van der Waals surface area (Å²) in [5.74, 6) is 1.69. The Hall–Kier alpha value is -3.59. The van der Waals surface area contributed by atoms with Crippen molar-refractivity contribution < 1.29 is 9.53 Å². The summed E-state index contributed by atoms with van der Waals surface area (Å²) < 4.78 is 10.9. The minimum atomic E-state index is 0.0140. The van der Waals surface area contributed by atoms with Crippen LogP contribution in [0.4, 0.5) is 5.82 Å². The molecule has 3 aromatic heterocycles. The molecule has 0 radical (unpaired) electrons. The molecule has 1 fully saturated rings. The predicted octanol–water partition coefficient (Wildman–Crippen LogP) is 3.12. The topological polar surface area (TPSA) is 84.3 Å². The number of piperazine rings is 1. The first-order chi connectivity index (χ1) is 15.2. The Morgan fingerprint density at radius 2 is 1.87 bits per heavy atom. The number of benzene rings is 1. The first-order valence-corrected chi connectivity index (χ1v) is 10.7. The number of nitrogens with zero attached hydrogens (tertiary/aromatic N) is 6. The van der Waals surface area contributed by atoms with Crippen molar-refractivity contribution >= 4 is 33.5 Å². The van der Waals surface area contributed by atoms with Crippen molar-refractivity contribution in [2.24, 2.45) is 0 Å². The molecule has 1 aromatic carbocycles. The van der Waals surface area contributed by atoms with E-state index in [1.165, 1.54) is 11.5 Å². The van der Waals surface area contributed by atoms with E-state index in [0.717, 1.165) is 33.0 Å². The van der Waals surface area contributed by atoms with E-state index in [-0.39, 0.29) is 5.91 Å². The van der Waals surface area contributed by atoms with E-state index in [0.29, 0.717) is 31.7 Å². The molecule has 0 bridgehead atoms. The van der Waals surface area contributed by atoms with Crippen LogP contribution in [0.2, 0.25) is 0 Å². The van der Waals surface area contributed by atoms with E-state index in [4.69, 9.17) is 4.74 Å². The lowest BCUT2D eigenvalue weighted by molar-refractivity contribution is 0.0746. The molecular formula is C22H20N6O2S. The van der Waals surface area contributed by atoms with Crippen LogP contribution in [0.1, 0.15) is 10.4 Å². The van der Waals surface area contributed by atoms with Crippen LogP contribution in [0.3, 0.4) is 0 Å². The summed E-state index contributed by atoms with van der Waals surface area (Å²) in [6.45, 7) is 2.66. The van der Waals surface area contributed by atoms with Crippen molar-refractivity contribution in [3.05, 3.63) is 60.7 Å². The fourth-order valence-electron chi connectivity index (χ4n) is 3.71. The summed E-state index contributed by atoms with van der Waals surface area (Å²) in [4.78, 5) is 29.8. The van der Waals surface area contributed by atoms with Gasteiger partial charge in [-0.05, 0) is 47.9 Å². The lowest BCUT2D eigenvalue weighted by Crippen LogP contribution is -2.49. The van der Waals surface area contributed by atoms with Crippen molar-refractivity contribution in [3.63, 3.8) is 0 Å². The maximum absolute atomic E-state index is 12.7. The summed E-state index contributed by atoms with van der Waals surface area (Å²) in [6.07, 6.45) is 4.87. The minimum Gasteiger partial charge on any atom is -0.497 e. The summed E-state index contributed by atoms with van der Waals surface area (Å²) in [7, 11) is 1.65. The van der Waals surface area contributed by atoms with Crippen LogP contribution in [0, 0.1) is 0 Å². The van der Waals surface area contributed by atoms with Crippen molar-refractivity contribution in [3.8, 4) is 17.0 Å². The minimum absolute atomic E-state index is 0.0140. The number of hydrogen-bond acceptors (Lipinski definition) is 8. The van der Waals surface area contributed by atoms with Crippen LogP contribution >= 0.6 is 11.5 Å². The van der Waals surface area contributed by atoms with E-state index >= 15 is 0 Å². The molecule has 0 unspecified atom stereocenters. The highest BCUT2D eigenvalue weighted by Gasteiger charge is 2.25. The van der Waals surface area contributed by atoms with Crippen molar-refractivity contribution in [2.45, 2.75) is 0 Å². The molecule has 1 saturated heterocycles. The molecule has 5 rings (SSSR count). The molecule has 0 saturated carbocycles. The normalized spacial score (nSPS) is 14.1. The largest absolute Gasteiger partial charge is 0.497 e. The molecule has 31 heavy (non-hydrogen) atoms. The predicted molar refractivity (Wildman–Crippen MR) is 120 cm³/mol. The second-order valence-corrected chi connectivity index (χ2v) is 7.93. The van der Waals surface area contributed by atoms with Gasteiger partial charge in [0, 0.05) is 44.1 Å². The number of carbonyl (C=O) groups is 1. The van der Waals surface area contributed by atoms with Gasteiger partial charge in [0.15, 0.2) is 5.82 Å². The number of anilines is 1. The van der Waals surface area contributed by atoms with Crippen molar-refractivity contribution in [2.75, 3.05) is 38.2 Å². The van der Waals surface area contributed by atoms with E-state index in [9.17, 15) is 4.79 Å². The number of carbonyl (C=O) groups excluding carboxylic acids is 1. The molecule has 0 atom stereocenters. The number of pyridine rings is 1. The molecule has 1 amide bonds. The molecule has 0 aliphatic carbocycles. The molecule has 9 heteroatoms. The fraction of sp³-hybridized carbons (Fsp3) is 0.227. The highest BCUT2D eigenvalue weighted by Crippen LogP contribution is 2.35. The smallest absolute Gasteiger partial charge is 0.255 e. The number of rotatable bonds is 4. The van der Waals surface area contributed by atoms with Crippen LogP contribution in [-0.2, 0) is 0 Å². The second kappa shape index (κ2) is 8.27. The van der Waals surface area contributed by atoms with Gasteiger partial charge in [-0.2, -0.15) is 4.37 Å². The number of hydrogen-bond donors (Lipinski definition) is 0. The van der Waals surface area contributed by atoms with Gasteiger partial charge in [0.2, 0.25) is 0 Å². The Kier molecular flexibility index (Phi) is 5.17. The quantitative estimate of drug-likeness (QED) is 0.490. The summed E-state index contributed by atoms with van der Waals surface area (Å²) in [6, 6.07) is 11.4. The third-order valence-electron chi connectivity index (χ3n) is 5.38. The second-order valence-electron chi connectivity index (χ2n) is 7.16. The molecular weight excluding hydrogens is 412 g/mol. The Bertz CT molecular complexity index is 1200. The van der Waals surface area contributed by atoms with Gasteiger partial charge in [-0.3, -0.25) is 9.78 Å². The Morgan fingerprint density at radius 1 is 1.06 bits per heavy atom. The summed E-state index contributed by atoms with van der Waals surface area (Å²) in [5, 5.41) is 0. The number of aromatic nitrogens is 4. The Labute approximate surface area is 183 Å². The molecule has 1 aliphatic rings. The molecule has 4 aromatic rings. The number of methoxy groups -OCH3 is 1. The van der Waals surface area contributed by atoms with Gasteiger partial charge in [0.05, 0.1) is 12.7 Å². The third kappa shape index (κ3) is 3.68. The summed E-state index contributed by atoms with van der Waals surface area (Å²) in [5.41, 5.74) is 3.29. The first kappa shape index (κ1) is 19.4. The third-order valence-corrected chi connectivity index (χ3v) is 6.21. The number of ether oxygens (including phenoxy) is 1. The lowest BCUT2D eigenvalue weighted by atomic mass is 10.1. The zero-order valence-corrected chi connectivity index (χ0v) is 17.7. The molecule has 4 heterocycles. The standard InChI is InChI=1S/C22H20N6O2S/c1-30-17-6-4-15(5-7-17)18-19-20(31-26-18)21(25-14-24-19)27-9-11-28(12-10-27)22(29)16-3-2-8-23-13-16/h2-8,13-14H,9-12H2,1H3. The maximum atomic E-state index is 12.7. The van der Waals surface area contributed by atoms with Crippen LogP contribution in [-0.4, -0.2) is 63.4 Å². The van der Waals surface area contributed by atoms with Gasteiger partial charge >= 0.3 is 0 Å². The maximum Gasteiger partial charge on any atom is 0.255 e. The van der Waals surface area contributed by atoms with Crippen LogP contribution in [0.15, 0.2) is 55.1 Å². The van der Waals surface area contributed by atoms with E-state index in [1.54, 1.807) is 38.0 Å². The summed E-state index contributed by atoms with van der Waals surface area (Å²) >= 11 is 1.41. The van der Waals surface area contributed by atoms with E-state index in [2.05, 4.69) is 24.2 Å². The van der Waals surface area contributed by atoms with E-state index in [1.807, 2.05) is 29.2 Å². The van der Waals surface area contributed by atoms with Crippen molar-refractivity contribution in [1.29, 1.82) is 0 Å². The Balaban J connectivity index is 1.36. The van der Waals surface area contributed by atoms with Gasteiger partial charge in [0.1, 0.15) is 28.0 Å². The molecule has 0 N–H and O–H groups in total. The number of fused-ring (bicyclic) bond motifs is 1. The van der Waals surface area contributed by atoms with Crippen LogP contribution < -0.4 is 9.64 Å². The van der Waals surface area contributed by atoms with Gasteiger partial charge in [0.25, 0.3) is 5.91 Å². The average Bonchev–Trinajstić information content (AvgIpc) is 3.29. The Morgan fingerprint density at radius 3 is 2.58 bits per heavy atom. The average molecular weight is 433 g/mol. The lowest BCUT2D eigenvalue weighted by Gasteiger charge is -2.35. The van der Waals surface area contributed by atoms with Gasteiger partial charge < -0.3 is 14.5 Å². The SMILES string of the molecule is COc1ccc(-c2nsc3c(N4CCN(C(=O)c5cccnc5)CC4)ncnc23)cc1. The molecule has 8 nitrogen and oxygen atoms in total. The number of amides is 1. The van der Waals surface area contributed by atoms with Gasteiger partial charge in [-0.1, -0.05) is 0 Å². The molecule has 0 spiro atoms. The zero-order chi connectivity index (χ0) is 21.2. The zero-order valence-electron chi connectivity index (χ0n) is 16.9. The van der Waals surface area contributed by atoms with Crippen molar-refractivity contribution in [1.82, 2.24) is 24.2 Å². The van der Waals surface area contributed by atoms with Crippen LogP contribution in [0.25, 0.3) is 21.5 Å². The highest BCUT2D eigenvalue weighted by molar-refractivity contribution is 7.14. The molecule has 1 aliphatic heterocycles. The van der Waals surface area contributed by atoms with Crippen LogP contribution in [0.5, 0.6) is 5.75 Å².